The highest BCUT2D eigenvalue weighted by Crippen LogP contribution is 2.18. The highest BCUT2D eigenvalue weighted by atomic mass is 32.2. The van der Waals surface area contributed by atoms with Crippen molar-refractivity contribution in [1.82, 2.24) is 15.1 Å². The standard InChI is InChI=1S/C10H12N4OS/c1-2-16-6-9-13-10(15-14-9)7-3-4-8(11)12-5-7/h3-5H,2,6H2,1H3,(H2,11,12). The Morgan fingerprint density at radius 2 is 2.31 bits per heavy atom. The van der Waals surface area contributed by atoms with Crippen molar-refractivity contribution in [3.8, 4) is 11.5 Å². The predicted octanol–water partition coefficient (Wildman–Crippen LogP) is 1.97. The van der Waals surface area contributed by atoms with Gasteiger partial charge in [-0.3, -0.25) is 0 Å². The number of hydrogen-bond donors (Lipinski definition) is 1. The number of hydrogen-bond acceptors (Lipinski definition) is 6. The Morgan fingerprint density at radius 1 is 1.44 bits per heavy atom. The van der Waals surface area contributed by atoms with Crippen LogP contribution in [-0.2, 0) is 5.75 Å². The first-order valence-corrected chi connectivity index (χ1v) is 6.07. The Morgan fingerprint density at radius 3 is 3.00 bits per heavy atom. The number of nitrogens with zero attached hydrogens (tertiary/aromatic N) is 3. The summed E-state index contributed by atoms with van der Waals surface area (Å²) in [5.74, 6) is 3.47. The van der Waals surface area contributed by atoms with Gasteiger partial charge in [-0.25, -0.2) is 4.98 Å². The molecule has 2 N–H and O–H groups in total. The van der Waals surface area contributed by atoms with Crippen LogP contribution in [0.2, 0.25) is 0 Å². The molecule has 0 radical (unpaired) electrons. The minimum atomic E-state index is 0.477. The van der Waals surface area contributed by atoms with E-state index in [1.54, 1.807) is 24.0 Å². The van der Waals surface area contributed by atoms with Crippen molar-refractivity contribution in [3.05, 3.63) is 24.2 Å². The molecule has 5 nitrogen and oxygen atoms in total. The monoisotopic (exact) mass is 236 g/mol. The van der Waals surface area contributed by atoms with Crippen LogP contribution in [0, 0.1) is 0 Å². The van der Waals surface area contributed by atoms with Crippen LogP contribution in [0.25, 0.3) is 11.5 Å². The molecule has 6 heteroatoms. The van der Waals surface area contributed by atoms with Gasteiger partial charge in [0.15, 0.2) is 5.82 Å². The Hall–Kier alpha value is -1.56. The van der Waals surface area contributed by atoms with E-state index in [0.717, 1.165) is 17.1 Å². The van der Waals surface area contributed by atoms with Crippen molar-refractivity contribution >= 4 is 17.6 Å². The summed E-state index contributed by atoms with van der Waals surface area (Å²) in [4.78, 5) is 8.24. The lowest BCUT2D eigenvalue weighted by molar-refractivity contribution is 0.425. The Labute approximate surface area is 97.5 Å². The van der Waals surface area contributed by atoms with Gasteiger partial charge in [-0.2, -0.15) is 16.7 Å². The second-order valence-electron chi connectivity index (χ2n) is 3.12. The molecule has 2 rings (SSSR count). The first kappa shape index (κ1) is 10.9. The number of aromatic nitrogens is 3. The summed E-state index contributed by atoms with van der Waals surface area (Å²) in [6, 6.07) is 3.52. The molecule has 0 amide bonds. The molecular weight excluding hydrogens is 224 g/mol. The van der Waals surface area contributed by atoms with Gasteiger partial charge < -0.3 is 10.3 Å². The van der Waals surface area contributed by atoms with Gasteiger partial charge in [0.05, 0.1) is 11.3 Å². The molecule has 0 aliphatic carbocycles. The highest BCUT2D eigenvalue weighted by Gasteiger charge is 2.08. The van der Waals surface area contributed by atoms with Crippen molar-refractivity contribution < 1.29 is 4.52 Å². The van der Waals surface area contributed by atoms with Crippen molar-refractivity contribution in [3.63, 3.8) is 0 Å². The SMILES string of the molecule is CCSCc1noc(-c2ccc(N)nc2)n1. The Bertz CT molecular complexity index is 454. The third-order valence-corrected chi connectivity index (χ3v) is 2.81. The molecule has 0 saturated carbocycles. The number of nitrogen functional groups attached to an aromatic ring is 1. The van der Waals surface area contributed by atoms with Crippen LogP contribution in [0.4, 0.5) is 5.82 Å². The lowest BCUT2D eigenvalue weighted by Crippen LogP contribution is -1.89. The molecule has 0 spiro atoms. The zero-order valence-corrected chi connectivity index (χ0v) is 9.70. The first-order chi connectivity index (χ1) is 7.79. The topological polar surface area (TPSA) is 77.8 Å². The number of rotatable bonds is 4. The molecule has 0 atom stereocenters. The molecule has 0 unspecified atom stereocenters. The highest BCUT2D eigenvalue weighted by molar-refractivity contribution is 7.98. The summed E-state index contributed by atoms with van der Waals surface area (Å²) < 4.78 is 5.13. The number of anilines is 1. The average molecular weight is 236 g/mol. The zero-order valence-electron chi connectivity index (χ0n) is 8.88. The van der Waals surface area contributed by atoms with Gasteiger partial charge >= 0.3 is 0 Å². The van der Waals surface area contributed by atoms with Gasteiger partial charge in [0.1, 0.15) is 5.82 Å². The molecule has 2 aromatic heterocycles. The fraction of sp³-hybridized carbons (Fsp3) is 0.300. The molecule has 0 aromatic carbocycles. The van der Waals surface area contributed by atoms with Crippen LogP contribution in [0.3, 0.4) is 0 Å². The summed E-state index contributed by atoms with van der Waals surface area (Å²) in [7, 11) is 0. The van der Waals surface area contributed by atoms with Crippen molar-refractivity contribution in [1.29, 1.82) is 0 Å². The fourth-order valence-corrected chi connectivity index (χ4v) is 1.66. The van der Waals surface area contributed by atoms with E-state index in [0.29, 0.717) is 17.5 Å². The quantitative estimate of drug-likeness (QED) is 0.874. The Kier molecular flexibility index (Phi) is 3.40. The minimum absolute atomic E-state index is 0.477. The summed E-state index contributed by atoms with van der Waals surface area (Å²) in [6.45, 7) is 2.09. The van der Waals surface area contributed by atoms with Gasteiger partial charge in [-0.1, -0.05) is 12.1 Å². The lowest BCUT2D eigenvalue weighted by Gasteiger charge is -1.93. The molecule has 2 heterocycles. The van der Waals surface area contributed by atoms with E-state index in [2.05, 4.69) is 22.0 Å². The van der Waals surface area contributed by atoms with E-state index in [9.17, 15) is 0 Å². The number of thioether (sulfide) groups is 1. The molecule has 0 aliphatic rings. The molecule has 0 aliphatic heterocycles. The van der Waals surface area contributed by atoms with Gasteiger partial charge in [0, 0.05) is 6.20 Å². The molecule has 84 valence electrons. The molecule has 0 bridgehead atoms. The van der Waals surface area contributed by atoms with Crippen LogP contribution in [0.5, 0.6) is 0 Å². The maximum Gasteiger partial charge on any atom is 0.259 e. The van der Waals surface area contributed by atoms with Gasteiger partial charge in [-0.15, -0.1) is 0 Å². The zero-order chi connectivity index (χ0) is 11.4. The molecule has 2 aromatic rings. The molecule has 16 heavy (non-hydrogen) atoms. The molecule has 0 fully saturated rings. The van der Waals surface area contributed by atoms with E-state index in [1.165, 1.54) is 0 Å². The summed E-state index contributed by atoms with van der Waals surface area (Å²) in [6.07, 6.45) is 1.62. The van der Waals surface area contributed by atoms with Gasteiger partial charge in [0.25, 0.3) is 5.89 Å². The van der Waals surface area contributed by atoms with Gasteiger partial charge in [0.2, 0.25) is 0 Å². The maximum atomic E-state index is 5.49. The van der Waals surface area contributed by atoms with Crippen LogP contribution in [-0.4, -0.2) is 20.9 Å². The van der Waals surface area contributed by atoms with E-state index < -0.39 is 0 Å². The average Bonchev–Trinajstić information content (AvgIpc) is 2.76. The smallest absolute Gasteiger partial charge is 0.259 e. The number of pyridine rings is 1. The second-order valence-corrected chi connectivity index (χ2v) is 4.40. The van der Waals surface area contributed by atoms with E-state index in [4.69, 9.17) is 10.3 Å². The third kappa shape index (κ3) is 2.52. The van der Waals surface area contributed by atoms with Crippen molar-refractivity contribution in [2.24, 2.45) is 0 Å². The van der Waals surface area contributed by atoms with Crippen molar-refractivity contribution in [2.45, 2.75) is 12.7 Å². The Balaban J connectivity index is 2.15. The first-order valence-electron chi connectivity index (χ1n) is 4.92. The predicted molar refractivity (Wildman–Crippen MR) is 63.8 cm³/mol. The van der Waals surface area contributed by atoms with Gasteiger partial charge in [-0.05, 0) is 17.9 Å². The fourth-order valence-electron chi connectivity index (χ4n) is 1.16. The van der Waals surface area contributed by atoms with Crippen LogP contribution in [0.15, 0.2) is 22.9 Å². The lowest BCUT2D eigenvalue weighted by atomic mass is 10.3. The van der Waals surface area contributed by atoms with Crippen LogP contribution < -0.4 is 5.73 Å². The van der Waals surface area contributed by atoms with Crippen LogP contribution >= 0.6 is 11.8 Å². The van der Waals surface area contributed by atoms with E-state index >= 15 is 0 Å². The maximum absolute atomic E-state index is 5.49. The summed E-state index contributed by atoms with van der Waals surface area (Å²) >= 11 is 1.75. The summed E-state index contributed by atoms with van der Waals surface area (Å²) in [5, 5.41) is 3.89. The normalized spacial score (nSPS) is 10.6. The number of nitrogens with two attached hydrogens (primary N) is 1. The third-order valence-electron chi connectivity index (χ3n) is 1.94. The largest absolute Gasteiger partial charge is 0.384 e. The summed E-state index contributed by atoms with van der Waals surface area (Å²) in [5.41, 5.74) is 6.28. The molecular formula is C10H12N4OS. The van der Waals surface area contributed by atoms with E-state index in [-0.39, 0.29) is 0 Å². The van der Waals surface area contributed by atoms with E-state index in [1.807, 2.05) is 6.07 Å². The van der Waals surface area contributed by atoms with Crippen molar-refractivity contribution in [2.75, 3.05) is 11.5 Å². The molecule has 0 saturated heterocycles. The minimum Gasteiger partial charge on any atom is -0.384 e. The van der Waals surface area contributed by atoms with Crippen LogP contribution in [0.1, 0.15) is 12.7 Å². The second kappa shape index (κ2) is 4.98.